The highest BCUT2D eigenvalue weighted by Crippen LogP contribution is 2.42. The van der Waals surface area contributed by atoms with E-state index in [1.807, 2.05) is 18.7 Å². The van der Waals surface area contributed by atoms with Crippen molar-refractivity contribution < 1.29 is 18.0 Å². The molecule has 28 heavy (non-hydrogen) atoms. The minimum atomic E-state index is -2.99. The highest BCUT2D eigenvalue weighted by molar-refractivity contribution is 7.90. The summed E-state index contributed by atoms with van der Waals surface area (Å²) in [4.78, 5) is 31.0. The van der Waals surface area contributed by atoms with Crippen LogP contribution in [-0.4, -0.2) is 81.3 Å². The maximum absolute atomic E-state index is 12.9. The molecule has 3 rings (SSSR count). The van der Waals surface area contributed by atoms with Gasteiger partial charge in [0.2, 0.25) is 11.8 Å². The van der Waals surface area contributed by atoms with Crippen molar-refractivity contribution in [2.75, 3.05) is 56.2 Å². The molecular formula is C19H26ClN3O4S. The summed E-state index contributed by atoms with van der Waals surface area (Å²) in [5.74, 6) is -0.0860. The molecule has 0 atom stereocenters. The molecule has 0 aromatic heterocycles. The highest BCUT2D eigenvalue weighted by Gasteiger charge is 2.44. The number of sulfone groups is 1. The van der Waals surface area contributed by atoms with Gasteiger partial charge in [0.25, 0.3) is 0 Å². The Morgan fingerprint density at radius 1 is 1.18 bits per heavy atom. The molecule has 1 saturated heterocycles. The van der Waals surface area contributed by atoms with Gasteiger partial charge in [-0.15, -0.1) is 0 Å². The molecule has 154 valence electrons. The molecule has 0 N–H and O–H groups in total. The molecule has 2 amide bonds. The van der Waals surface area contributed by atoms with E-state index in [1.165, 1.54) is 6.26 Å². The number of benzene rings is 1. The van der Waals surface area contributed by atoms with E-state index in [9.17, 15) is 18.0 Å². The summed E-state index contributed by atoms with van der Waals surface area (Å²) in [5.41, 5.74) is 0.855. The summed E-state index contributed by atoms with van der Waals surface area (Å²) in [6.45, 7) is 6.49. The average molecular weight is 428 g/mol. The van der Waals surface area contributed by atoms with E-state index >= 15 is 0 Å². The van der Waals surface area contributed by atoms with Gasteiger partial charge in [-0.25, -0.2) is 8.42 Å². The van der Waals surface area contributed by atoms with Crippen LogP contribution in [0.5, 0.6) is 0 Å². The first-order valence-electron chi connectivity index (χ1n) is 9.29. The van der Waals surface area contributed by atoms with Gasteiger partial charge in [0, 0.05) is 49.7 Å². The molecule has 2 aliphatic rings. The molecule has 2 aliphatic heterocycles. The number of anilines is 1. The summed E-state index contributed by atoms with van der Waals surface area (Å²) >= 11 is 6.09. The number of nitrogens with zero attached hydrogens (tertiary/aromatic N) is 3. The Labute approximate surface area is 171 Å². The second-order valence-electron chi connectivity index (χ2n) is 8.03. The average Bonchev–Trinajstić information content (AvgIpc) is 2.80. The number of rotatable bonds is 5. The lowest BCUT2D eigenvalue weighted by Gasteiger charge is -2.35. The fourth-order valence-corrected chi connectivity index (χ4v) is 4.48. The highest BCUT2D eigenvalue weighted by atomic mass is 35.5. The molecule has 0 unspecified atom stereocenters. The number of hydrogen-bond donors (Lipinski definition) is 0. The van der Waals surface area contributed by atoms with Crippen LogP contribution >= 0.6 is 11.6 Å². The number of amides is 2. The van der Waals surface area contributed by atoms with Crippen molar-refractivity contribution in [2.24, 2.45) is 0 Å². The first-order valence-corrected chi connectivity index (χ1v) is 11.7. The molecule has 9 heteroatoms. The van der Waals surface area contributed by atoms with Gasteiger partial charge in [-0.1, -0.05) is 11.6 Å². The third-order valence-corrected chi connectivity index (χ3v) is 6.66. The quantitative estimate of drug-likeness (QED) is 0.704. The second-order valence-corrected chi connectivity index (χ2v) is 10.7. The van der Waals surface area contributed by atoms with Gasteiger partial charge >= 0.3 is 0 Å². The van der Waals surface area contributed by atoms with Gasteiger partial charge in [-0.05, 0) is 37.6 Å². The molecule has 0 aliphatic carbocycles. The van der Waals surface area contributed by atoms with Gasteiger partial charge in [0.1, 0.15) is 16.4 Å². The van der Waals surface area contributed by atoms with Crippen molar-refractivity contribution in [1.29, 1.82) is 0 Å². The number of carbonyl (C=O) groups is 2. The first-order chi connectivity index (χ1) is 13.0. The van der Waals surface area contributed by atoms with Crippen LogP contribution in [0.25, 0.3) is 0 Å². The van der Waals surface area contributed by atoms with Crippen LogP contribution in [0.4, 0.5) is 5.69 Å². The standard InChI is InChI=1S/C19H26ClN3O4S/c1-19(2)15-12-14(20)4-5-16(15)23(18(19)25)13-17(24)22-8-6-21(7-9-22)10-11-28(3,26)27/h4-5,12H,6-11,13H2,1-3H3. The lowest BCUT2D eigenvalue weighted by atomic mass is 9.86. The van der Waals surface area contributed by atoms with E-state index in [0.29, 0.717) is 37.7 Å². The minimum Gasteiger partial charge on any atom is -0.339 e. The van der Waals surface area contributed by atoms with E-state index < -0.39 is 15.3 Å². The zero-order chi connectivity index (χ0) is 20.7. The summed E-state index contributed by atoms with van der Waals surface area (Å²) in [6.07, 6.45) is 1.23. The third-order valence-electron chi connectivity index (χ3n) is 5.50. The smallest absolute Gasteiger partial charge is 0.242 e. The van der Waals surface area contributed by atoms with E-state index in [2.05, 4.69) is 0 Å². The van der Waals surface area contributed by atoms with Crippen LogP contribution in [0.3, 0.4) is 0 Å². The first kappa shape index (κ1) is 21.1. The lowest BCUT2D eigenvalue weighted by Crippen LogP contribution is -2.52. The zero-order valence-corrected chi connectivity index (χ0v) is 18.0. The van der Waals surface area contributed by atoms with Crippen LogP contribution in [0.15, 0.2) is 18.2 Å². The van der Waals surface area contributed by atoms with Crippen molar-refractivity contribution in [1.82, 2.24) is 9.80 Å². The van der Waals surface area contributed by atoms with Crippen molar-refractivity contribution in [3.63, 3.8) is 0 Å². The molecule has 2 heterocycles. The molecule has 0 radical (unpaired) electrons. The summed E-state index contributed by atoms with van der Waals surface area (Å²) in [7, 11) is -2.99. The molecular weight excluding hydrogens is 402 g/mol. The molecule has 0 spiro atoms. The van der Waals surface area contributed by atoms with E-state index in [-0.39, 0.29) is 24.1 Å². The fourth-order valence-electron chi connectivity index (χ4n) is 3.71. The van der Waals surface area contributed by atoms with Crippen LogP contribution in [0, 0.1) is 0 Å². The Morgan fingerprint density at radius 3 is 2.43 bits per heavy atom. The largest absolute Gasteiger partial charge is 0.339 e. The van der Waals surface area contributed by atoms with E-state index in [1.54, 1.807) is 28.0 Å². The summed E-state index contributed by atoms with van der Waals surface area (Å²) in [6, 6.07) is 5.31. The van der Waals surface area contributed by atoms with Gasteiger partial charge in [-0.2, -0.15) is 0 Å². The van der Waals surface area contributed by atoms with Crippen molar-refractivity contribution in [2.45, 2.75) is 19.3 Å². The van der Waals surface area contributed by atoms with E-state index in [4.69, 9.17) is 11.6 Å². The number of fused-ring (bicyclic) bond motifs is 1. The summed E-state index contributed by atoms with van der Waals surface area (Å²) in [5, 5.41) is 0.568. The predicted molar refractivity (Wildman–Crippen MR) is 110 cm³/mol. The molecule has 1 aromatic rings. The van der Waals surface area contributed by atoms with Gasteiger partial charge in [0.05, 0.1) is 11.2 Å². The Morgan fingerprint density at radius 2 is 1.82 bits per heavy atom. The van der Waals surface area contributed by atoms with Crippen LogP contribution in [0.2, 0.25) is 5.02 Å². The monoisotopic (exact) mass is 427 g/mol. The number of piperazine rings is 1. The third kappa shape index (κ3) is 4.34. The van der Waals surface area contributed by atoms with Crippen molar-refractivity contribution in [3.8, 4) is 0 Å². The van der Waals surface area contributed by atoms with Crippen molar-refractivity contribution in [3.05, 3.63) is 28.8 Å². The zero-order valence-electron chi connectivity index (χ0n) is 16.4. The number of hydrogen-bond acceptors (Lipinski definition) is 5. The lowest BCUT2D eigenvalue weighted by molar-refractivity contribution is -0.133. The number of halogens is 1. The Balaban J connectivity index is 1.63. The van der Waals surface area contributed by atoms with Crippen LogP contribution in [-0.2, 0) is 24.8 Å². The Hall–Kier alpha value is -1.64. The molecule has 1 fully saturated rings. The molecule has 1 aromatic carbocycles. The van der Waals surface area contributed by atoms with Gasteiger partial charge in [-0.3, -0.25) is 14.5 Å². The maximum Gasteiger partial charge on any atom is 0.242 e. The Bertz CT molecular complexity index is 892. The Kier molecular flexibility index (Phi) is 5.76. The van der Waals surface area contributed by atoms with Crippen LogP contribution in [0.1, 0.15) is 19.4 Å². The topological polar surface area (TPSA) is 78.0 Å². The second kappa shape index (κ2) is 7.65. The summed E-state index contributed by atoms with van der Waals surface area (Å²) < 4.78 is 22.6. The van der Waals surface area contributed by atoms with Gasteiger partial charge in [0.15, 0.2) is 0 Å². The van der Waals surface area contributed by atoms with Crippen LogP contribution < -0.4 is 4.90 Å². The predicted octanol–water partition coefficient (Wildman–Crippen LogP) is 1.15. The molecule has 7 nitrogen and oxygen atoms in total. The van der Waals surface area contributed by atoms with Crippen molar-refractivity contribution >= 4 is 38.9 Å². The molecule has 0 saturated carbocycles. The van der Waals surface area contributed by atoms with Gasteiger partial charge < -0.3 is 9.80 Å². The molecule has 0 bridgehead atoms. The van der Waals surface area contributed by atoms with E-state index in [0.717, 1.165) is 11.3 Å². The SMILES string of the molecule is CC1(C)C(=O)N(CC(=O)N2CCN(CCS(C)(=O)=O)CC2)c2ccc(Cl)cc21. The number of carbonyl (C=O) groups excluding carboxylic acids is 2. The maximum atomic E-state index is 12.9. The normalized spacial score (nSPS) is 19.8. The minimum absolute atomic E-state index is 0.000233. The fraction of sp³-hybridized carbons (Fsp3) is 0.579.